The van der Waals surface area contributed by atoms with Crippen molar-refractivity contribution < 1.29 is 18.3 Å². The van der Waals surface area contributed by atoms with E-state index in [0.717, 1.165) is 18.5 Å². The van der Waals surface area contributed by atoms with Crippen molar-refractivity contribution in [1.82, 2.24) is 10.2 Å². The molecule has 0 bridgehead atoms. The van der Waals surface area contributed by atoms with Gasteiger partial charge >= 0.3 is 6.61 Å². The van der Waals surface area contributed by atoms with Crippen LogP contribution in [0, 0.1) is 0 Å². The van der Waals surface area contributed by atoms with E-state index in [1.165, 1.54) is 12.1 Å². The third-order valence-electron chi connectivity index (χ3n) is 2.81. The fraction of sp³-hybridized carbons (Fsp3) is 0.500. The number of hydrogen-bond donors (Lipinski definition) is 1. The van der Waals surface area contributed by atoms with Crippen molar-refractivity contribution in [1.29, 1.82) is 0 Å². The minimum absolute atomic E-state index is 0.0631. The number of halogens is 2. The van der Waals surface area contributed by atoms with E-state index < -0.39 is 6.61 Å². The average Bonchev–Trinajstić information content (AvgIpc) is 2.40. The number of carbonyl (C=O) groups is 1. The van der Waals surface area contributed by atoms with Crippen LogP contribution in [0.3, 0.4) is 0 Å². The number of rotatable bonds is 8. The second-order valence-corrected chi connectivity index (χ2v) is 4.48. The standard InChI is InChI=1S/C14H20F2N2O2/c1-17-9-3-4-13(19)18(2)10-11-5-7-12(8-6-11)20-14(15)16/h5-8,14,17H,3-4,9-10H2,1-2H3. The molecular formula is C14H20F2N2O2. The smallest absolute Gasteiger partial charge is 0.387 e. The van der Waals surface area contributed by atoms with Crippen molar-refractivity contribution in [2.24, 2.45) is 0 Å². The Hall–Kier alpha value is -1.69. The molecule has 1 N–H and O–H groups in total. The van der Waals surface area contributed by atoms with Crippen molar-refractivity contribution in [2.75, 3.05) is 20.6 Å². The highest BCUT2D eigenvalue weighted by Gasteiger charge is 2.09. The van der Waals surface area contributed by atoms with Crippen LogP contribution in [0.4, 0.5) is 8.78 Å². The molecule has 0 saturated carbocycles. The Kier molecular flexibility index (Phi) is 6.93. The molecule has 0 radical (unpaired) electrons. The molecular weight excluding hydrogens is 266 g/mol. The second kappa shape index (κ2) is 8.47. The molecule has 0 aliphatic heterocycles. The molecule has 0 atom stereocenters. The minimum atomic E-state index is -2.82. The molecule has 1 aromatic carbocycles. The molecule has 0 aliphatic rings. The van der Waals surface area contributed by atoms with E-state index in [0.29, 0.717) is 13.0 Å². The molecule has 4 nitrogen and oxygen atoms in total. The molecule has 1 rings (SSSR count). The van der Waals surface area contributed by atoms with Gasteiger partial charge in [-0.2, -0.15) is 8.78 Å². The molecule has 20 heavy (non-hydrogen) atoms. The molecule has 0 aliphatic carbocycles. The maximum atomic E-state index is 12.0. The Morgan fingerprint density at radius 3 is 2.55 bits per heavy atom. The molecule has 6 heteroatoms. The van der Waals surface area contributed by atoms with Crippen LogP contribution in [-0.4, -0.2) is 38.1 Å². The molecule has 1 amide bonds. The van der Waals surface area contributed by atoms with Gasteiger partial charge in [-0.05, 0) is 37.7 Å². The van der Waals surface area contributed by atoms with Crippen LogP contribution in [0.25, 0.3) is 0 Å². The lowest BCUT2D eigenvalue weighted by Gasteiger charge is -2.17. The van der Waals surface area contributed by atoms with E-state index in [1.807, 2.05) is 7.05 Å². The summed E-state index contributed by atoms with van der Waals surface area (Å²) in [6.45, 7) is -1.57. The van der Waals surface area contributed by atoms with Gasteiger partial charge < -0.3 is 15.0 Å². The summed E-state index contributed by atoms with van der Waals surface area (Å²) in [6, 6.07) is 6.30. The minimum Gasteiger partial charge on any atom is -0.435 e. The van der Waals surface area contributed by atoms with E-state index in [-0.39, 0.29) is 11.7 Å². The maximum absolute atomic E-state index is 12.0. The van der Waals surface area contributed by atoms with Gasteiger partial charge in [0.2, 0.25) is 5.91 Å². The SMILES string of the molecule is CNCCCC(=O)N(C)Cc1ccc(OC(F)F)cc1. The summed E-state index contributed by atoms with van der Waals surface area (Å²) in [4.78, 5) is 13.4. The molecule has 112 valence electrons. The lowest BCUT2D eigenvalue weighted by atomic mass is 10.2. The molecule has 0 aromatic heterocycles. The predicted molar refractivity (Wildman–Crippen MR) is 72.7 cm³/mol. The zero-order chi connectivity index (χ0) is 15.0. The highest BCUT2D eigenvalue weighted by molar-refractivity contribution is 5.75. The largest absolute Gasteiger partial charge is 0.435 e. The number of hydrogen-bond acceptors (Lipinski definition) is 3. The Morgan fingerprint density at radius 1 is 1.35 bits per heavy atom. The Morgan fingerprint density at radius 2 is 2.00 bits per heavy atom. The lowest BCUT2D eigenvalue weighted by Crippen LogP contribution is -2.26. The molecule has 0 saturated heterocycles. The van der Waals surface area contributed by atoms with Gasteiger partial charge in [0.25, 0.3) is 0 Å². The number of alkyl halides is 2. The van der Waals surface area contributed by atoms with Crippen LogP contribution in [-0.2, 0) is 11.3 Å². The van der Waals surface area contributed by atoms with Crippen LogP contribution in [0.15, 0.2) is 24.3 Å². The first kappa shape index (κ1) is 16.4. The van der Waals surface area contributed by atoms with Gasteiger partial charge in [-0.3, -0.25) is 4.79 Å². The number of ether oxygens (including phenoxy) is 1. The van der Waals surface area contributed by atoms with Crippen LogP contribution >= 0.6 is 0 Å². The third kappa shape index (κ3) is 5.97. The van der Waals surface area contributed by atoms with Gasteiger partial charge in [0.05, 0.1) is 0 Å². The summed E-state index contributed by atoms with van der Waals surface area (Å²) in [5.74, 6) is 0.180. The number of carbonyl (C=O) groups excluding carboxylic acids is 1. The third-order valence-corrected chi connectivity index (χ3v) is 2.81. The van der Waals surface area contributed by atoms with Crippen molar-refractivity contribution in [2.45, 2.75) is 26.0 Å². The van der Waals surface area contributed by atoms with Crippen LogP contribution < -0.4 is 10.1 Å². The summed E-state index contributed by atoms with van der Waals surface area (Å²) in [7, 11) is 3.57. The quantitative estimate of drug-likeness (QED) is 0.745. The fourth-order valence-electron chi connectivity index (χ4n) is 1.75. The number of nitrogens with zero attached hydrogens (tertiary/aromatic N) is 1. The van der Waals surface area contributed by atoms with Gasteiger partial charge in [-0.1, -0.05) is 12.1 Å². The maximum Gasteiger partial charge on any atom is 0.387 e. The summed E-state index contributed by atoms with van der Waals surface area (Å²) in [6.07, 6.45) is 1.28. The second-order valence-electron chi connectivity index (χ2n) is 4.48. The average molecular weight is 286 g/mol. The van der Waals surface area contributed by atoms with Gasteiger partial charge in [0.1, 0.15) is 5.75 Å². The van der Waals surface area contributed by atoms with Crippen molar-refractivity contribution in [3.63, 3.8) is 0 Å². The van der Waals surface area contributed by atoms with Crippen LogP contribution in [0.5, 0.6) is 5.75 Å². The van der Waals surface area contributed by atoms with Crippen molar-refractivity contribution in [3.8, 4) is 5.75 Å². The first-order chi connectivity index (χ1) is 9.52. The van der Waals surface area contributed by atoms with Crippen LogP contribution in [0.1, 0.15) is 18.4 Å². The van der Waals surface area contributed by atoms with Crippen molar-refractivity contribution in [3.05, 3.63) is 29.8 Å². The van der Waals surface area contributed by atoms with Gasteiger partial charge in [-0.15, -0.1) is 0 Å². The lowest BCUT2D eigenvalue weighted by molar-refractivity contribution is -0.130. The number of nitrogens with one attached hydrogen (secondary N) is 1. The highest BCUT2D eigenvalue weighted by Crippen LogP contribution is 2.16. The summed E-state index contributed by atoms with van der Waals surface area (Å²) in [5.41, 5.74) is 0.871. The molecule has 0 fully saturated rings. The van der Waals surface area contributed by atoms with Crippen LogP contribution in [0.2, 0.25) is 0 Å². The Labute approximate surface area is 117 Å². The first-order valence-corrected chi connectivity index (χ1v) is 6.45. The molecule has 0 spiro atoms. The zero-order valence-electron chi connectivity index (χ0n) is 11.7. The first-order valence-electron chi connectivity index (χ1n) is 6.45. The van der Waals surface area contributed by atoms with Gasteiger partial charge in [-0.25, -0.2) is 0 Å². The Balaban J connectivity index is 2.45. The molecule has 0 unspecified atom stereocenters. The number of amides is 1. The van der Waals surface area contributed by atoms with E-state index >= 15 is 0 Å². The summed E-state index contributed by atoms with van der Waals surface area (Å²) in [5, 5.41) is 2.99. The van der Waals surface area contributed by atoms with Gasteiger partial charge in [0.15, 0.2) is 0 Å². The molecule has 1 aromatic rings. The Bertz CT molecular complexity index is 410. The van der Waals surface area contributed by atoms with E-state index in [9.17, 15) is 13.6 Å². The fourth-order valence-corrected chi connectivity index (χ4v) is 1.75. The zero-order valence-corrected chi connectivity index (χ0v) is 11.7. The van der Waals surface area contributed by atoms with E-state index in [2.05, 4.69) is 10.1 Å². The monoisotopic (exact) mass is 286 g/mol. The summed E-state index contributed by atoms with van der Waals surface area (Å²) < 4.78 is 28.3. The van der Waals surface area contributed by atoms with Gasteiger partial charge in [0, 0.05) is 20.0 Å². The highest BCUT2D eigenvalue weighted by atomic mass is 19.3. The van der Waals surface area contributed by atoms with E-state index in [1.54, 1.807) is 24.1 Å². The number of benzene rings is 1. The van der Waals surface area contributed by atoms with Crippen molar-refractivity contribution >= 4 is 5.91 Å². The summed E-state index contributed by atoms with van der Waals surface area (Å²) >= 11 is 0. The molecule has 0 heterocycles. The topological polar surface area (TPSA) is 41.6 Å². The van der Waals surface area contributed by atoms with E-state index in [4.69, 9.17) is 0 Å². The predicted octanol–water partition coefficient (Wildman–Crippen LogP) is 2.25. The normalized spacial score (nSPS) is 10.7.